The van der Waals surface area contributed by atoms with Crippen molar-refractivity contribution in [3.05, 3.63) is 64.3 Å². The minimum absolute atomic E-state index is 0.0748. The number of hydrogen-bond acceptors (Lipinski definition) is 4. The summed E-state index contributed by atoms with van der Waals surface area (Å²) < 4.78 is 18.5. The summed E-state index contributed by atoms with van der Waals surface area (Å²) in [6.45, 7) is 4.05. The van der Waals surface area contributed by atoms with Crippen LogP contribution in [0.1, 0.15) is 17.0 Å². The van der Waals surface area contributed by atoms with Crippen molar-refractivity contribution in [3.8, 4) is 5.88 Å². The van der Waals surface area contributed by atoms with E-state index in [9.17, 15) is 9.18 Å². The Balaban J connectivity index is 1.90. The number of methoxy groups -OCH3 is 1. The quantitative estimate of drug-likeness (QED) is 0.658. The number of carbonyl (C=O) groups excluding carboxylic acids is 1. The van der Waals surface area contributed by atoms with Gasteiger partial charge in [-0.2, -0.15) is 5.10 Å². The van der Waals surface area contributed by atoms with E-state index in [4.69, 9.17) is 16.3 Å². The molecular formula is C19H19ClFN5O2. The Hall–Kier alpha value is -3.13. The Morgan fingerprint density at radius 2 is 2.11 bits per heavy atom. The molecule has 3 aromatic rings. The molecule has 0 aliphatic heterocycles. The van der Waals surface area contributed by atoms with Crippen LogP contribution >= 0.6 is 11.6 Å². The fourth-order valence-corrected chi connectivity index (χ4v) is 2.72. The van der Waals surface area contributed by atoms with Gasteiger partial charge in [-0.1, -0.05) is 11.6 Å². The second-order valence-corrected chi connectivity index (χ2v) is 6.53. The van der Waals surface area contributed by atoms with Gasteiger partial charge < -0.3 is 10.1 Å². The Bertz CT molecular complexity index is 990. The van der Waals surface area contributed by atoms with Crippen LogP contribution in [0.25, 0.3) is 0 Å². The van der Waals surface area contributed by atoms with Crippen molar-refractivity contribution in [1.82, 2.24) is 15.2 Å². The first-order valence-corrected chi connectivity index (χ1v) is 8.81. The molecule has 2 N–H and O–H groups in total. The maximum atomic E-state index is 13.4. The van der Waals surface area contributed by atoms with Crippen molar-refractivity contribution < 1.29 is 13.9 Å². The van der Waals surface area contributed by atoms with Crippen molar-refractivity contribution in [2.75, 3.05) is 17.3 Å². The summed E-state index contributed by atoms with van der Waals surface area (Å²) in [5, 5.41) is 9.83. The van der Waals surface area contributed by atoms with Crippen LogP contribution in [0.2, 0.25) is 5.02 Å². The molecule has 7 nitrogen and oxygen atoms in total. The summed E-state index contributed by atoms with van der Waals surface area (Å²) >= 11 is 5.80. The topological polar surface area (TPSA) is 83.1 Å². The summed E-state index contributed by atoms with van der Waals surface area (Å²) in [6, 6.07) is 6.93. The van der Waals surface area contributed by atoms with Gasteiger partial charge in [0.15, 0.2) is 0 Å². The number of pyridine rings is 1. The lowest BCUT2D eigenvalue weighted by atomic mass is 10.2. The van der Waals surface area contributed by atoms with E-state index in [1.165, 1.54) is 36.4 Å². The average Bonchev–Trinajstić information content (AvgIpc) is 3.01. The van der Waals surface area contributed by atoms with Crippen molar-refractivity contribution in [1.29, 1.82) is 0 Å². The van der Waals surface area contributed by atoms with Crippen LogP contribution < -0.4 is 15.0 Å². The number of H-pyrrole nitrogens is 1. The molecule has 2 heterocycles. The molecule has 9 heteroatoms. The minimum atomic E-state index is -0.557. The molecule has 2 amide bonds. The monoisotopic (exact) mass is 403 g/mol. The highest BCUT2D eigenvalue weighted by atomic mass is 35.5. The number of ether oxygens (including phenoxy) is 1. The molecule has 0 aliphatic rings. The van der Waals surface area contributed by atoms with Crippen LogP contribution in [0.15, 0.2) is 36.5 Å². The van der Waals surface area contributed by atoms with Crippen LogP contribution in [-0.2, 0) is 6.54 Å². The lowest BCUT2D eigenvalue weighted by molar-refractivity contribution is 0.256. The number of anilines is 2. The highest BCUT2D eigenvalue weighted by Crippen LogP contribution is 2.23. The van der Waals surface area contributed by atoms with Gasteiger partial charge in [0.1, 0.15) is 5.82 Å². The van der Waals surface area contributed by atoms with Gasteiger partial charge in [-0.15, -0.1) is 0 Å². The van der Waals surface area contributed by atoms with E-state index < -0.39 is 11.8 Å². The number of aromatic nitrogens is 3. The van der Waals surface area contributed by atoms with Crippen molar-refractivity contribution in [2.45, 2.75) is 20.4 Å². The van der Waals surface area contributed by atoms with Crippen LogP contribution in [-0.4, -0.2) is 28.3 Å². The number of nitrogens with zero attached hydrogens (tertiary/aromatic N) is 3. The third kappa shape index (κ3) is 4.23. The van der Waals surface area contributed by atoms with E-state index in [0.29, 0.717) is 17.3 Å². The molecule has 146 valence electrons. The van der Waals surface area contributed by atoms with Crippen LogP contribution in [0, 0.1) is 19.7 Å². The summed E-state index contributed by atoms with van der Waals surface area (Å²) in [7, 11) is 1.51. The Morgan fingerprint density at radius 1 is 1.32 bits per heavy atom. The molecular weight excluding hydrogens is 385 g/mol. The SMILES string of the molecule is COc1ccc(N(Cc2n[nH]c(C)c2C)C(=O)Nc2ccc(F)c(Cl)c2)cn1. The van der Waals surface area contributed by atoms with Crippen molar-refractivity contribution in [3.63, 3.8) is 0 Å². The molecule has 1 aromatic carbocycles. The molecule has 0 spiro atoms. The second kappa shape index (κ2) is 8.26. The van der Waals surface area contributed by atoms with E-state index in [0.717, 1.165) is 17.0 Å². The predicted octanol–water partition coefficient (Wildman–Crippen LogP) is 4.46. The zero-order chi connectivity index (χ0) is 20.3. The Labute approximate surface area is 166 Å². The molecule has 28 heavy (non-hydrogen) atoms. The van der Waals surface area contributed by atoms with E-state index in [2.05, 4.69) is 20.5 Å². The van der Waals surface area contributed by atoms with Gasteiger partial charge in [-0.3, -0.25) is 10.00 Å². The zero-order valence-corrected chi connectivity index (χ0v) is 16.3. The number of benzene rings is 1. The molecule has 0 saturated carbocycles. The molecule has 0 fully saturated rings. The highest BCUT2D eigenvalue weighted by molar-refractivity contribution is 6.31. The third-order valence-corrected chi connectivity index (χ3v) is 4.61. The van der Waals surface area contributed by atoms with Crippen molar-refractivity contribution >= 4 is 29.0 Å². The van der Waals surface area contributed by atoms with Crippen molar-refractivity contribution in [2.24, 2.45) is 0 Å². The fraction of sp³-hybridized carbons (Fsp3) is 0.211. The molecule has 0 saturated heterocycles. The van der Waals surface area contributed by atoms with E-state index >= 15 is 0 Å². The number of urea groups is 1. The smallest absolute Gasteiger partial charge is 0.326 e. The molecule has 0 unspecified atom stereocenters. The molecule has 0 bridgehead atoms. The summed E-state index contributed by atoms with van der Waals surface area (Å²) in [5.41, 5.74) is 3.53. The molecule has 0 aliphatic carbocycles. The minimum Gasteiger partial charge on any atom is -0.481 e. The summed E-state index contributed by atoms with van der Waals surface area (Å²) in [6.07, 6.45) is 1.53. The van der Waals surface area contributed by atoms with Gasteiger partial charge in [0.25, 0.3) is 0 Å². The number of amides is 2. The van der Waals surface area contributed by atoms with E-state index in [-0.39, 0.29) is 11.6 Å². The second-order valence-electron chi connectivity index (χ2n) is 6.12. The third-order valence-electron chi connectivity index (χ3n) is 4.32. The van der Waals surface area contributed by atoms with Gasteiger partial charge in [0, 0.05) is 17.4 Å². The number of halogens is 2. The van der Waals surface area contributed by atoms with E-state index in [1.54, 1.807) is 12.1 Å². The lowest BCUT2D eigenvalue weighted by Crippen LogP contribution is -2.35. The highest BCUT2D eigenvalue weighted by Gasteiger charge is 2.20. The standard InChI is InChI=1S/C19H19ClFN5O2/c1-11-12(2)24-25-17(11)10-26(14-5-7-18(28-3)22-9-14)19(27)23-13-4-6-16(21)15(20)8-13/h4-9H,10H2,1-3H3,(H,23,27)(H,24,25). The lowest BCUT2D eigenvalue weighted by Gasteiger charge is -2.22. The van der Waals surface area contributed by atoms with Gasteiger partial charge >= 0.3 is 6.03 Å². The zero-order valence-electron chi connectivity index (χ0n) is 15.6. The maximum absolute atomic E-state index is 13.4. The fourth-order valence-electron chi connectivity index (χ4n) is 2.54. The normalized spacial score (nSPS) is 10.6. The molecule has 2 aromatic heterocycles. The van der Waals surface area contributed by atoms with Gasteiger partial charge in [0.2, 0.25) is 5.88 Å². The van der Waals surface area contributed by atoms with Gasteiger partial charge in [-0.05, 0) is 43.7 Å². The van der Waals surface area contributed by atoms with Crippen LogP contribution in [0.3, 0.4) is 0 Å². The first-order chi connectivity index (χ1) is 13.4. The molecule has 0 atom stereocenters. The van der Waals surface area contributed by atoms with Crippen LogP contribution in [0.5, 0.6) is 5.88 Å². The maximum Gasteiger partial charge on any atom is 0.326 e. The first kappa shape index (κ1) is 19.6. The number of hydrogen-bond donors (Lipinski definition) is 2. The molecule has 3 rings (SSSR count). The number of carbonyl (C=O) groups is 1. The largest absolute Gasteiger partial charge is 0.481 e. The number of aryl methyl sites for hydroxylation is 1. The average molecular weight is 404 g/mol. The van der Waals surface area contributed by atoms with Crippen LogP contribution in [0.4, 0.5) is 20.6 Å². The number of rotatable bonds is 5. The Kier molecular flexibility index (Phi) is 5.79. The van der Waals surface area contributed by atoms with Gasteiger partial charge in [0.05, 0.1) is 36.3 Å². The summed E-state index contributed by atoms with van der Waals surface area (Å²) in [5.74, 6) is -0.125. The Morgan fingerprint density at radius 3 is 2.68 bits per heavy atom. The number of nitrogens with one attached hydrogen (secondary N) is 2. The predicted molar refractivity (Wildman–Crippen MR) is 105 cm³/mol. The molecule has 0 radical (unpaired) electrons. The van der Waals surface area contributed by atoms with E-state index in [1.807, 2.05) is 13.8 Å². The van der Waals surface area contributed by atoms with Gasteiger partial charge in [-0.25, -0.2) is 14.2 Å². The number of aromatic amines is 1. The summed E-state index contributed by atoms with van der Waals surface area (Å²) in [4.78, 5) is 18.6. The first-order valence-electron chi connectivity index (χ1n) is 8.43.